The third kappa shape index (κ3) is 6.89. The van der Waals surface area contributed by atoms with Gasteiger partial charge < -0.3 is 31.6 Å². The number of imidazole rings is 1. The van der Waals surface area contributed by atoms with E-state index in [4.69, 9.17) is 15.9 Å². The van der Waals surface area contributed by atoms with Gasteiger partial charge in [0.1, 0.15) is 12.1 Å². The summed E-state index contributed by atoms with van der Waals surface area (Å²) in [6.45, 7) is 2.97. The van der Waals surface area contributed by atoms with Crippen LogP contribution in [0.5, 0.6) is 0 Å². The average Bonchev–Trinajstić information content (AvgIpc) is 3.03. The molecule has 0 radical (unpaired) electrons. The van der Waals surface area contributed by atoms with Crippen molar-refractivity contribution in [2.24, 2.45) is 11.7 Å². The van der Waals surface area contributed by atoms with Gasteiger partial charge in [-0.25, -0.2) is 9.78 Å². The number of hydrogen-bond acceptors (Lipinski definition) is 6. The van der Waals surface area contributed by atoms with Gasteiger partial charge in [0.2, 0.25) is 11.8 Å². The average molecular weight is 355 g/mol. The number of aromatic amines is 1. The number of nitrogens with one attached hydrogen (secondary N) is 3. The quantitative estimate of drug-likeness (QED) is 0.292. The molecule has 0 aliphatic rings. The van der Waals surface area contributed by atoms with Gasteiger partial charge in [0, 0.05) is 18.3 Å². The lowest BCUT2D eigenvalue weighted by Crippen LogP contribution is -2.55. The van der Waals surface area contributed by atoms with Gasteiger partial charge in [-0.05, 0) is 12.3 Å². The number of carboxylic acid groups (broad SMARTS) is 1. The Bertz CT molecular complexity index is 575. The first-order valence-corrected chi connectivity index (χ1v) is 7.91. The van der Waals surface area contributed by atoms with Crippen molar-refractivity contribution in [3.8, 4) is 0 Å². The van der Waals surface area contributed by atoms with Gasteiger partial charge in [-0.2, -0.15) is 0 Å². The van der Waals surface area contributed by atoms with Crippen LogP contribution >= 0.6 is 0 Å². The molecule has 1 aromatic heterocycles. The number of carbonyl (C=O) groups excluding carboxylic acids is 2. The Morgan fingerprint density at radius 3 is 2.36 bits per heavy atom. The third-order valence-corrected chi connectivity index (χ3v) is 3.47. The fourth-order valence-corrected chi connectivity index (χ4v) is 2.17. The molecule has 140 valence electrons. The van der Waals surface area contributed by atoms with E-state index in [1.165, 1.54) is 6.33 Å². The topological polar surface area (TPSA) is 170 Å². The summed E-state index contributed by atoms with van der Waals surface area (Å²) in [6.07, 6.45) is 3.53. The summed E-state index contributed by atoms with van der Waals surface area (Å²) in [7, 11) is 0. The highest BCUT2D eigenvalue weighted by Crippen LogP contribution is 2.06. The molecule has 0 spiro atoms. The first-order chi connectivity index (χ1) is 11.7. The molecule has 0 saturated heterocycles. The minimum atomic E-state index is -1.43. The lowest BCUT2D eigenvalue weighted by Gasteiger charge is -2.23. The van der Waals surface area contributed by atoms with Crippen molar-refractivity contribution in [1.29, 1.82) is 0 Å². The molecule has 1 heterocycles. The van der Waals surface area contributed by atoms with E-state index in [1.807, 2.05) is 13.8 Å². The molecule has 3 atom stereocenters. The highest BCUT2D eigenvalue weighted by atomic mass is 16.4. The minimum absolute atomic E-state index is 0.0669. The fourth-order valence-electron chi connectivity index (χ4n) is 2.17. The summed E-state index contributed by atoms with van der Waals surface area (Å²) >= 11 is 0. The number of aliphatic hydroxyl groups excluding tert-OH is 1. The van der Waals surface area contributed by atoms with Crippen molar-refractivity contribution >= 4 is 17.8 Å². The van der Waals surface area contributed by atoms with E-state index < -0.39 is 42.5 Å². The molecular weight excluding hydrogens is 330 g/mol. The zero-order valence-electron chi connectivity index (χ0n) is 14.2. The fraction of sp³-hybridized carbons (Fsp3) is 0.600. The summed E-state index contributed by atoms with van der Waals surface area (Å²) in [5, 5.41) is 22.7. The largest absolute Gasteiger partial charge is 0.480 e. The normalized spacial score (nSPS) is 14.6. The Labute approximate surface area is 145 Å². The molecule has 0 fully saturated rings. The Morgan fingerprint density at radius 1 is 1.24 bits per heavy atom. The monoisotopic (exact) mass is 355 g/mol. The number of hydrogen-bond donors (Lipinski definition) is 6. The summed E-state index contributed by atoms with van der Waals surface area (Å²) in [4.78, 5) is 42.1. The van der Waals surface area contributed by atoms with Crippen molar-refractivity contribution in [1.82, 2.24) is 20.6 Å². The Hall–Kier alpha value is -2.46. The number of nitrogens with two attached hydrogens (primary N) is 1. The van der Waals surface area contributed by atoms with Gasteiger partial charge >= 0.3 is 5.97 Å². The third-order valence-electron chi connectivity index (χ3n) is 3.47. The number of carboxylic acids is 1. The van der Waals surface area contributed by atoms with Gasteiger partial charge in [-0.15, -0.1) is 0 Å². The number of aliphatic carboxylic acids is 1. The van der Waals surface area contributed by atoms with Crippen molar-refractivity contribution < 1.29 is 24.6 Å². The Morgan fingerprint density at radius 2 is 1.88 bits per heavy atom. The lowest BCUT2D eigenvalue weighted by molar-refractivity contribution is -0.143. The number of H-pyrrole nitrogens is 1. The molecule has 1 rings (SSSR count). The predicted octanol–water partition coefficient (Wildman–Crippen LogP) is -1.63. The molecular formula is C15H25N5O5. The highest BCUT2D eigenvalue weighted by molar-refractivity contribution is 5.91. The van der Waals surface area contributed by atoms with Crippen molar-refractivity contribution in [3.05, 3.63) is 18.2 Å². The van der Waals surface area contributed by atoms with Crippen LogP contribution in [0.15, 0.2) is 12.5 Å². The van der Waals surface area contributed by atoms with Gasteiger partial charge in [-0.1, -0.05) is 13.8 Å². The minimum Gasteiger partial charge on any atom is -0.480 e. The summed E-state index contributed by atoms with van der Waals surface area (Å²) in [5.41, 5.74) is 6.52. The van der Waals surface area contributed by atoms with Crippen molar-refractivity contribution in [3.63, 3.8) is 0 Å². The Kier molecular flexibility index (Phi) is 8.02. The maximum absolute atomic E-state index is 12.3. The van der Waals surface area contributed by atoms with Crippen LogP contribution in [-0.4, -0.2) is 62.7 Å². The summed E-state index contributed by atoms with van der Waals surface area (Å²) in [6, 6.07) is -3.28. The second kappa shape index (κ2) is 9.74. The standard InChI is InChI=1S/C15H25N5O5/c1-8(2)3-11(14(23)20-12(6-21)15(24)25)19-13(22)10(16)4-9-5-17-7-18-9/h5,7-8,10-12,21H,3-4,6,16H2,1-2H3,(H,17,18)(H,19,22)(H,20,23)(H,24,25)/t10-,11-,12-/m0/s1. The zero-order valence-corrected chi connectivity index (χ0v) is 14.2. The number of nitrogens with zero attached hydrogens (tertiary/aromatic N) is 1. The van der Waals surface area contributed by atoms with Crippen LogP contribution in [0.3, 0.4) is 0 Å². The van der Waals surface area contributed by atoms with Crippen molar-refractivity contribution in [2.45, 2.75) is 44.8 Å². The number of aromatic nitrogens is 2. The second-order valence-corrected chi connectivity index (χ2v) is 6.16. The molecule has 0 unspecified atom stereocenters. The van der Waals surface area contributed by atoms with Gasteiger partial charge in [-0.3, -0.25) is 9.59 Å². The van der Waals surface area contributed by atoms with Crippen LogP contribution in [-0.2, 0) is 20.8 Å². The predicted molar refractivity (Wildman–Crippen MR) is 88.3 cm³/mol. The van der Waals surface area contributed by atoms with Crippen LogP contribution in [0.2, 0.25) is 0 Å². The van der Waals surface area contributed by atoms with E-state index in [2.05, 4.69) is 20.6 Å². The van der Waals surface area contributed by atoms with Gasteiger partial charge in [0.05, 0.1) is 19.0 Å². The molecule has 0 bridgehead atoms. The summed E-state index contributed by atoms with van der Waals surface area (Å²) in [5.74, 6) is -2.51. The summed E-state index contributed by atoms with van der Waals surface area (Å²) < 4.78 is 0. The first-order valence-electron chi connectivity index (χ1n) is 7.91. The number of carbonyl (C=O) groups is 3. The smallest absolute Gasteiger partial charge is 0.328 e. The maximum Gasteiger partial charge on any atom is 0.328 e. The maximum atomic E-state index is 12.3. The van der Waals surface area contributed by atoms with Crippen LogP contribution in [0, 0.1) is 5.92 Å². The lowest BCUT2D eigenvalue weighted by atomic mass is 10.0. The van der Waals surface area contributed by atoms with Crippen LogP contribution in [0.1, 0.15) is 26.0 Å². The molecule has 10 nitrogen and oxygen atoms in total. The molecule has 0 saturated carbocycles. The van der Waals surface area contributed by atoms with E-state index in [9.17, 15) is 14.4 Å². The molecule has 0 aromatic carbocycles. The van der Waals surface area contributed by atoms with E-state index in [-0.39, 0.29) is 12.3 Å². The van der Waals surface area contributed by atoms with E-state index >= 15 is 0 Å². The molecule has 0 aliphatic heterocycles. The second-order valence-electron chi connectivity index (χ2n) is 6.16. The van der Waals surface area contributed by atoms with E-state index in [1.54, 1.807) is 6.20 Å². The zero-order chi connectivity index (χ0) is 19.0. The van der Waals surface area contributed by atoms with Crippen LogP contribution in [0.25, 0.3) is 0 Å². The number of rotatable bonds is 10. The van der Waals surface area contributed by atoms with Crippen LogP contribution in [0.4, 0.5) is 0 Å². The van der Waals surface area contributed by atoms with E-state index in [0.717, 1.165) is 0 Å². The number of amides is 2. The molecule has 2 amide bonds. The Balaban J connectivity index is 2.71. The van der Waals surface area contributed by atoms with Crippen LogP contribution < -0.4 is 16.4 Å². The SMILES string of the molecule is CC(C)C[C@H](NC(=O)[C@@H](N)Cc1cnc[nH]1)C(=O)N[C@@H](CO)C(=O)O. The molecule has 10 heteroatoms. The molecule has 1 aromatic rings. The molecule has 7 N–H and O–H groups in total. The van der Waals surface area contributed by atoms with Gasteiger partial charge in [0.25, 0.3) is 0 Å². The number of aliphatic hydroxyl groups is 1. The first kappa shape index (κ1) is 20.6. The highest BCUT2D eigenvalue weighted by Gasteiger charge is 2.28. The van der Waals surface area contributed by atoms with Gasteiger partial charge in [0.15, 0.2) is 0 Å². The van der Waals surface area contributed by atoms with E-state index in [0.29, 0.717) is 12.1 Å². The van der Waals surface area contributed by atoms with Crippen molar-refractivity contribution in [2.75, 3.05) is 6.61 Å². The molecule has 0 aliphatic carbocycles. The molecule has 25 heavy (non-hydrogen) atoms.